The second-order valence-corrected chi connectivity index (χ2v) is 6.78. The maximum absolute atomic E-state index is 12.1. The second kappa shape index (κ2) is 5.82. The van der Waals surface area contributed by atoms with E-state index in [-0.39, 0.29) is 18.2 Å². The summed E-state index contributed by atoms with van der Waals surface area (Å²) >= 11 is 0. The molecule has 3 aliphatic rings. The summed E-state index contributed by atoms with van der Waals surface area (Å²) in [6, 6.07) is 0. The molecule has 0 N–H and O–H groups in total. The first-order valence-corrected chi connectivity index (χ1v) is 7.97. The smallest absolute Gasteiger partial charge is 0.306 e. The fraction of sp³-hybridized carbons (Fsp3) is 0.938. The molecule has 0 amide bonds. The Morgan fingerprint density at radius 2 is 1.89 bits per heavy atom. The number of carbonyl (C=O) groups is 1. The minimum Gasteiger partial charge on any atom is -0.462 e. The third-order valence-electron chi connectivity index (χ3n) is 5.52. The number of fused-ring (bicyclic) bond motifs is 2. The molecular formula is C16H26O3. The van der Waals surface area contributed by atoms with Gasteiger partial charge in [-0.2, -0.15) is 0 Å². The number of hydrogen-bond donors (Lipinski definition) is 0. The predicted octanol–water partition coefficient (Wildman–Crippen LogP) is 3.31. The summed E-state index contributed by atoms with van der Waals surface area (Å²) in [7, 11) is 1.75. The highest BCUT2D eigenvalue weighted by Gasteiger charge is 2.40. The van der Waals surface area contributed by atoms with E-state index >= 15 is 0 Å². The monoisotopic (exact) mass is 266 g/mol. The molecular weight excluding hydrogens is 240 g/mol. The van der Waals surface area contributed by atoms with Crippen LogP contribution in [0.2, 0.25) is 0 Å². The molecule has 0 heterocycles. The molecule has 3 aliphatic carbocycles. The van der Waals surface area contributed by atoms with Crippen LogP contribution in [0.1, 0.15) is 57.8 Å². The van der Waals surface area contributed by atoms with Gasteiger partial charge in [0.2, 0.25) is 0 Å². The van der Waals surface area contributed by atoms with Crippen LogP contribution in [-0.4, -0.2) is 25.3 Å². The normalized spacial score (nSPS) is 41.4. The summed E-state index contributed by atoms with van der Waals surface area (Å²) < 4.78 is 11.1. The van der Waals surface area contributed by atoms with Crippen LogP contribution in [0, 0.1) is 17.8 Å². The SMILES string of the molecule is CO[C@@H]1CCC[C@H](OC(=O)C[C@H]2C[C@H]3CC[C@H]2C3)C1. The quantitative estimate of drug-likeness (QED) is 0.732. The molecule has 2 bridgehead atoms. The Bertz CT molecular complexity index is 328. The topological polar surface area (TPSA) is 35.5 Å². The molecule has 3 rings (SSSR count). The average Bonchev–Trinajstić information content (AvgIpc) is 3.01. The van der Waals surface area contributed by atoms with Crippen molar-refractivity contribution in [2.24, 2.45) is 17.8 Å². The van der Waals surface area contributed by atoms with Crippen molar-refractivity contribution >= 4 is 5.97 Å². The van der Waals surface area contributed by atoms with Crippen LogP contribution in [0.3, 0.4) is 0 Å². The molecule has 0 aromatic heterocycles. The number of carbonyl (C=O) groups excluding carboxylic acids is 1. The van der Waals surface area contributed by atoms with Crippen molar-refractivity contribution in [2.75, 3.05) is 7.11 Å². The van der Waals surface area contributed by atoms with Crippen molar-refractivity contribution in [2.45, 2.75) is 70.0 Å². The second-order valence-electron chi connectivity index (χ2n) is 6.78. The lowest BCUT2D eigenvalue weighted by Crippen LogP contribution is -2.30. The highest BCUT2D eigenvalue weighted by Crippen LogP contribution is 2.49. The van der Waals surface area contributed by atoms with E-state index in [1.807, 2.05) is 0 Å². The molecule has 0 aromatic carbocycles. The lowest BCUT2D eigenvalue weighted by molar-refractivity contribution is -0.154. The minimum absolute atomic E-state index is 0.0410. The highest BCUT2D eigenvalue weighted by atomic mass is 16.5. The van der Waals surface area contributed by atoms with Crippen LogP contribution < -0.4 is 0 Å². The first kappa shape index (κ1) is 13.4. The molecule has 0 unspecified atom stereocenters. The van der Waals surface area contributed by atoms with Crippen molar-refractivity contribution in [3.8, 4) is 0 Å². The zero-order valence-electron chi connectivity index (χ0n) is 12.0. The zero-order chi connectivity index (χ0) is 13.2. The molecule has 5 atom stereocenters. The fourth-order valence-corrected chi connectivity index (χ4v) is 4.50. The van der Waals surface area contributed by atoms with Crippen LogP contribution in [-0.2, 0) is 14.3 Å². The lowest BCUT2D eigenvalue weighted by atomic mass is 9.86. The van der Waals surface area contributed by atoms with Crippen molar-refractivity contribution < 1.29 is 14.3 Å². The van der Waals surface area contributed by atoms with E-state index in [0.29, 0.717) is 12.3 Å². The van der Waals surface area contributed by atoms with Gasteiger partial charge in [-0.3, -0.25) is 4.79 Å². The number of methoxy groups -OCH3 is 1. The fourth-order valence-electron chi connectivity index (χ4n) is 4.50. The van der Waals surface area contributed by atoms with Gasteiger partial charge in [0.15, 0.2) is 0 Å². The minimum atomic E-state index is 0.0410. The molecule has 0 aromatic rings. The summed E-state index contributed by atoms with van der Waals surface area (Å²) in [4.78, 5) is 12.1. The summed E-state index contributed by atoms with van der Waals surface area (Å²) in [5, 5.41) is 0. The maximum atomic E-state index is 12.1. The molecule has 3 heteroatoms. The van der Waals surface area contributed by atoms with Crippen LogP contribution in [0.25, 0.3) is 0 Å². The summed E-state index contributed by atoms with van der Waals surface area (Å²) in [5.74, 6) is 2.39. The van der Waals surface area contributed by atoms with Crippen molar-refractivity contribution in [3.63, 3.8) is 0 Å². The van der Waals surface area contributed by atoms with E-state index in [1.54, 1.807) is 7.11 Å². The molecule has 3 fully saturated rings. The predicted molar refractivity (Wildman–Crippen MR) is 72.7 cm³/mol. The Morgan fingerprint density at radius 3 is 2.58 bits per heavy atom. The molecule has 0 radical (unpaired) electrons. The third kappa shape index (κ3) is 3.13. The van der Waals surface area contributed by atoms with Gasteiger partial charge < -0.3 is 9.47 Å². The van der Waals surface area contributed by atoms with Gasteiger partial charge in [0.1, 0.15) is 6.10 Å². The van der Waals surface area contributed by atoms with Gasteiger partial charge in [0, 0.05) is 20.0 Å². The first-order chi connectivity index (χ1) is 9.24. The highest BCUT2D eigenvalue weighted by molar-refractivity contribution is 5.70. The Labute approximate surface area is 116 Å². The maximum Gasteiger partial charge on any atom is 0.306 e. The third-order valence-corrected chi connectivity index (χ3v) is 5.52. The van der Waals surface area contributed by atoms with E-state index in [1.165, 1.54) is 25.7 Å². The van der Waals surface area contributed by atoms with Crippen molar-refractivity contribution in [1.82, 2.24) is 0 Å². The summed E-state index contributed by atoms with van der Waals surface area (Å²) in [6.07, 6.45) is 10.6. The number of ether oxygens (including phenoxy) is 2. The largest absolute Gasteiger partial charge is 0.462 e. The summed E-state index contributed by atoms with van der Waals surface area (Å²) in [6.45, 7) is 0. The van der Waals surface area contributed by atoms with E-state index in [2.05, 4.69) is 0 Å². The molecule has 3 nitrogen and oxygen atoms in total. The number of esters is 1. The van der Waals surface area contributed by atoms with Crippen LogP contribution in [0.5, 0.6) is 0 Å². The van der Waals surface area contributed by atoms with E-state index in [4.69, 9.17) is 9.47 Å². The van der Waals surface area contributed by atoms with E-state index in [9.17, 15) is 4.79 Å². The van der Waals surface area contributed by atoms with Gasteiger partial charge in [0.05, 0.1) is 6.10 Å². The molecule has 0 spiro atoms. The zero-order valence-corrected chi connectivity index (χ0v) is 12.0. The van der Waals surface area contributed by atoms with E-state index < -0.39 is 0 Å². The molecule has 0 saturated heterocycles. The van der Waals surface area contributed by atoms with Crippen LogP contribution >= 0.6 is 0 Å². The van der Waals surface area contributed by atoms with Crippen molar-refractivity contribution in [3.05, 3.63) is 0 Å². The molecule has 108 valence electrons. The Hall–Kier alpha value is -0.570. The van der Waals surface area contributed by atoms with Gasteiger partial charge in [-0.25, -0.2) is 0 Å². The van der Waals surface area contributed by atoms with Gasteiger partial charge in [0.25, 0.3) is 0 Å². The Balaban J connectivity index is 1.43. The van der Waals surface area contributed by atoms with Crippen molar-refractivity contribution in [1.29, 1.82) is 0 Å². The number of rotatable bonds is 4. The van der Waals surface area contributed by atoms with Gasteiger partial charge in [-0.15, -0.1) is 0 Å². The lowest BCUT2D eigenvalue weighted by Gasteiger charge is -2.29. The standard InChI is InChI=1S/C16H26O3/c1-18-14-3-2-4-15(10-14)19-16(17)9-13-8-11-5-6-12(13)7-11/h11-15H,2-10H2,1H3/t11-,12-,13+,14+,15-/m0/s1. The molecule has 19 heavy (non-hydrogen) atoms. The Kier molecular flexibility index (Phi) is 4.11. The van der Waals surface area contributed by atoms with E-state index in [0.717, 1.165) is 37.5 Å². The molecule has 0 aliphatic heterocycles. The average molecular weight is 266 g/mol. The number of hydrogen-bond acceptors (Lipinski definition) is 3. The van der Waals surface area contributed by atoms with Gasteiger partial charge in [-0.05, 0) is 56.3 Å². The van der Waals surface area contributed by atoms with Crippen LogP contribution in [0.4, 0.5) is 0 Å². The van der Waals surface area contributed by atoms with Crippen LogP contribution in [0.15, 0.2) is 0 Å². The summed E-state index contributed by atoms with van der Waals surface area (Å²) in [5.41, 5.74) is 0. The molecule has 3 saturated carbocycles. The van der Waals surface area contributed by atoms with Gasteiger partial charge in [-0.1, -0.05) is 6.42 Å². The van der Waals surface area contributed by atoms with Gasteiger partial charge >= 0.3 is 5.97 Å². The Morgan fingerprint density at radius 1 is 1.05 bits per heavy atom. The first-order valence-electron chi connectivity index (χ1n) is 7.97.